The van der Waals surface area contributed by atoms with E-state index in [0.29, 0.717) is 29.4 Å². The van der Waals surface area contributed by atoms with Crippen molar-refractivity contribution in [2.24, 2.45) is 5.92 Å². The van der Waals surface area contributed by atoms with E-state index in [4.69, 9.17) is 4.74 Å². The molecule has 1 aliphatic heterocycles. The molecular weight excluding hydrogens is 428 g/mol. The molecule has 8 heteroatoms. The van der Waals surface area contributed by atoms with Crippen LogP contribution < -0.4 is 15.0 Å². The standard InChI is InChI=1S/C25H21F2N3O3/c26-25(27)33-20-6-4-19(5-7-20)30-23-18(13-28-29(23)14-15-1-2-15)12-21(24(30)31)16-3-8-22-17(11-16)9-10-32-22/h3-8,11-13,15,25H,1-2,9-10,14H2. The van der Waals surface area contributed by atoms with Gasteiger partial charge in [-0.15, -0.1) is 0 Å². The number of hydrogen-bond acceptors (Lipinski definition) is 4. The van der Waals surface area contributed by atoms with Crippen LogP contribution in [0.25, 0.3) is 27.8 Å². The second kappa shape index (κ2) is 7.72. The van der Waals surface area contributed by atoms with Crippen LogP contribution >= 0.6 is 0 Å². The summed E-state index contributed by atoms with van der Waals surface area (Å²) in [6.45, 7) is -1.52. The van der Waals surface area contributed by atoms with Gasteiger partial charge in [0.2, 0.25) is 0 Å². The summed E-state index contributed by atoms with van der Waals surface area (Å²) in [5.74, 6) is 1.46. The van der Waals surface area contributed by atoms with Gasteiger partial charge in [-0.25, -0.2) is 4.68 Å². The normalized spacial score (nSPS) is 15.1. The number of aromatic nitrogens is 3. The van der Waals surface area contributed by atoms with Gasteiger partial charge in [0.05, 0.1) is 18.5 Å². The summed E-state index contributed by atoms with van der Waals surface area (Å²) in [5.41, 5.74) is 3.51. The first-order chi connectivity index (χ1) is 16.1. The molecule has 6 rings (SSSR count). The number of ether oxygens (including phenoxy) is 2. The Bertz CT molecular complexity index is 1410. The fraction of sp³-hybridized carbons (Fsp3) is 0.280. The number of halogens is 2. The lowest BCUT2D eigenvalue weighted by molar-refractivity contribution is -0.0498. The van der Waals surface area contributed by atoms with Crippen LogP contribution in [0.4, 0.5) is 8.78 Å². The van der Waals surface area contributed by atoms with E-state index in [-0.39, 0.29) is 11.3 Å². The molecular formula is C25H21F2N3O3. The highest BCUT2D eigenvalue weighted by atomic mass is 19.3. The number of nitrogens with zero attached hydrogens (tertiary/aromatic N) is 3. The summed E-state index contributed by atoms with van der Waals surface area (Å²) in [6.07, 6.45) is 4.90. The fourth-order valence-electron chi connectivity index (χ4n) is 4.43. The van der Waals surface area contributed by atoms with Crippen LogP contribution in [-0.2, 0) is 13.0 Å². The number of fused-ring (bicyclic) bond motifs is 2. The van der Waals surface area contributed by atoms with E-state index in [1.54, 1.807) is 22.9 Å². The van der Waals surface area contributed by atoms with E-state index >= 15 is 0 Å². The Kier molecular flexibility index (Phi) is 4.67. The monoisotopic (exact) mass is 449 g/mol. The maximum absolute atomic E-state index is 13.8. The summed E-state index contributed by atoms with van der Waals surface area (Å²) in [7, 11) is 0. The third-order valence-electron chi connectivity index (χ3n) is 6.23. The maximum Gasteiger partial charge on any atom is 0.387 e. The van der Waals surface area contributed by atoms with Crippen molar-refractivity contribution >= 4 is 11.0 Å². The molecule has 2 aliphatic rings. The van der Waals surface area contributed by atoms with Crippen LogP contribution in [0.1, 0.15) is 18.4 Å². The van der Waals surface area contributed by atoms with Gasteiger partial charge in [-0.1, -0.05) is 6.07 Å². The zero-order valence-electron chi connectivity index (χ0n) is 17.7. The van der Waals surface area contributed by atoms with Crippen LogP contribution in [0.2, 0.25) is 0 Å². The molecule has 1 fully saturated rings. The van der Waals surface area contributed by atoms with Crippen molar-refractivity contribution < 1.29 is 18.3 Å². The van der Waals surface area contributed by atoms with Crippen molar-refractivity contribution in [1.82, 2.24) is 14.3 Å². The highest BCUT2D eigenvalue weighted by Crippen LogP contribution is 2.33. The minimum absolute atomic E-state index is 0.0410. The van der Waals surface area contributed by atoms with Crippen molar-refractivity contribution in [3.05, 3.63) is 70.6 Å². The van der Waals surface area contributed by atoms with Gasteiger partial charge >= 0.3 is 6.61 Å². The minimum atomic E-state index is -2.91. The fourth-order valence-corrected chi connectivity index (χ4v) is 4.43. The van der Waals surface area contributed by atoms with E-state index in [1.807, 2.05) is 28.9 Å². The molecule has 1 aliphatic carbocycles. The molecule has 0 saturated heterocycles. The van der Waals surface area contributed by atoms with Gasteiger partial charge in [-0.3, -0.25) is 9.36 Å². The summed E-state index contributed by atoms with van der Waals surface area (Å²) >= 11 is 0. The molecule has 0 radical (unpaired) electrons. The van der Waals surface area contributed by atoms with Gasteiger partial charge in [-0.2, -0.15) is 13.9 Å². The summed E-state index contributed by atoms with van der Waals surface area (Å²) in [6, 6.07) is 13.8. The molecule has 2 aromatic heterocycles. The topological polar surface area (TPSA) is 58.3 Å². The van der Waals surface area contributed by atoms with Gasteiger partial charge < -0.3 is 9.47 Å². The maximum atomic E-state index is 13.8. The molecule has 0 spiro atoms. The van der Waals surface area contributed by atoms with E-state index in [2.05, 4.69) is 9.84 Å². The first kappa shape index (κ1) is 20.0. The van der Waals surface area contributed by atoms with Crippen LogP contribution in [0.15, 0.2) is 59.5 Å². The molecule has 33 heavy (non-hydrogen) atoms. The van der Waals surface area contributed by atoms with Gasteiger partial charge in [0.25, 0.3) is 5.56 Å². The van der Waals surface area contributed by atoms with Gasteiger partial charge in [0.1, 0.15) is 17.1 Å². The summed E-state index contributed by atoms with van der Waals surface area (Å²) < 4.78 is 38.8. The largest absolute Gasteiger partial charge is 0.493 e. The Morgan fingerprint density at radius 3 is 2.70 bits per heavy atom. The Morgan fingerprint density at radius 1 is 1.12 bits per heavy atom. The van der Waals surface area contributed by atoms with Crippen molar-refractivity contribution in [2.45, 2.75) is 32.4 Å². The van der Waals surface area contributed by atoms with Crippen LogP contribution in [0.5, 0.6) is 11.5 Å². The second-order valence-corrected chi connectivity index (χ2v) is 8.54. The minimum Gasteiger partial charge on any atom is -0.493 e. The zero-order valence-corrected chi connectivity index (χ0v) is 17.7. The number of pyridine rings is 1. The number of hydrogen-bond donors (Lipinski definition) is 0. The lowest BCUT2D eigenvalue weighted by atomic mass is 10.0. The van der Waals surface area contributed by atoms with Crippen LogP contribution in [-0.4, -0.2) is 27.6 Å². The molecule has 4 aromatic rings. The lowest BCUT2D eigenvalue weighted by Crippen LogP contribution is -2.22. The molecule has 2 aromatic carbocycles. The first-order valence-corrected chi connectivity index (χ1v) is 11.0. The quantitative estimate of drug-likeness (QED) is 0.424. The van der Waals surface area contributed by atoms with Crippen molar-refractivity contribution in [2.75, 3.05) is 6.61 Å². The van der Waals surface area contributed by atoms with Gasteiger partial charge in [0, 0.05) is 23.9 Å². The van der Waals surface area contributed by atoms with Crippen LogP contribution in [0.3, 0.4) is 0 Å². The third kappa shape index (κ3) is 3.65. The smallest absolute Gasteiger partial charge is 0.387 e. The van der Waals surface area contributed by atoms with Crippen LogP contribution in [0, 0.1) is 5.92 Å². The molecule has 0 bridgehead atoms. The molecule has 0 unspecified atom stereocenters. The highest BCUT2D eigenvalue weighted by Gasteiger charge is 2.25. The van der Waals surface area contributed by atoms with Gasteiger partial charge in [-0.05, 0) is 72.4 Å². The van der Waals surface area contributed by atoms with Crippen molar-refractivity contribution in [3.8, 4) is 28.3 Å². The van der Waals surface area contributed by atoms with E-state index < -0.39 is 6.61 Å². The average molecular weight is 449 g/mol. The first-order valence-electron chi connectivity index (χ1n) is 11.0. The Labute approximate surface area is 188 Å². The van der Waals surface area contributed by atoms with E-state index in [0.717, 1.165) is 48.1 Å². The molecule has 1 saturated carbocycles. The third-order valence-corrected chi connectivity index (χ3v) is 6.23. The average Bonchev–Trinajstić information content (AvgIpc) is 3.34. The lowest BCUT2D eigenvalue weighted by Gasteiger charge is -2.14. The predicted molar refractivity (Wildman–Crippen MR) is 119 cm³/mol. The Morgan fingerprint density at radius 2 is 1.94 bits per heavy atom. The number of benzene rings is 2. The Balaban J connectivity index is 1.54. The Hall–Kier alpha value is -3.68. The van der Waals surface area contributed by atoms with Gasteiger partial charge in [0.15, 0.2) is 0 Å². The predicted octanol–water partition coefficient (Wildman–Crippen LogP) is 4.80. The number of alkyl halides is 2. The molecule has 6 nitrogen and oxygen atoms in total. The molecule has 168 valence electrons. The van der Waals surface area contributed by atoms with E-state index in [9.17, 15) is 13.6 Å². The highest BCUT2D eigenvalue weighted by molar-refractivity contribution is 5.83. The van der Waals surface area contributed by atoms with Crippen molar-refractivity contribution in [3.63, 3.8) is 0 Å². The molecule has 3 heterocycles. The zero-order chi connectivity index (χ0) is 22.5. The summed E-state index contributed by atoms with van der Waals surface area (Å²) in [4.78, 5) is 13.8. The SMILES string of the molecule is O=c1c(-c2ccc3c(c2)CCO3)cc2cnn(CC3CC3)c2n1-c1ccc(OC(F)F)cc1. The van der Waals surface area contributed by atoms with E-state index in [1.165, 1.54) is 12.1 Å². The molecule has 0 N–H and O–H groups in total. The van der Waals surface area contributed by atoms with Crippen molar-refractivity contribution in [1.29, 1.82) is 0 Å². The molecule has 0 amide bonds. The second-order valence-electron chi connectivity index (χ2n) is 8.54. The number of rotatable bonds is 6. The molecule has 0 atom stereocenters. The summed E-state index contributed by atoms with van der Waals surface area (Å²) in [5, 5.41) is 5.41.